The zero-order valence-corrected chi connectivity index (χ0v) is 17.4. The largest absolute Gasteiger partial charge is 0.493 e. The Morgan fingerprint density at radius 3 is 2.65 bits per heavy atom. The number of benzene rings is 2. The van der Waals surface area contributed by atoms with E-state index < -0.39 is 17.1 Å². The van der Waals surface area contributed by atoms with E-state index >= 15 is 0 Å². The number of H-pyrrole nitrogens is 2. The van der Waals surface area contributed by atoms with Gasteiger partial charge in [-0.05, 0) is 43.0 Å². The number of aromatic amines is 2. The molecule has 0 saturated heterocycles. The molecular weight excluding hydrogens is 392 g/mol. The number of rotatable bonds is 6. The smallest absolute Gasteiger partial charge is 0.335 e. The zero-order valence-electron chi connectivity index (χ0n) is 17.4. The van der Waals surface area contributed by atoms with Gasteiger partial charge in [0.15, 0.2) is 0 Å². The van der Waals surface area contributed by atoms with Crippen molar-refractivity contribution in [3.05, 3.63) is 92.3 Å². The minimum Gasteiger partial charge on any atom is -0.493 e. The van der Waals surface area contributed by atoms with Crippen LogP contribution in [0.2, 0.25) is 0 Å². The van der Waals surface area contributed by atoms with Crippen LogP contribution >= 0.6 is 0 Å². The molecule has 3 N–H and O–H groups in total. The molecule has 7 nitrogen and oxygen atoms in total. The molecule has 2 aromatic carbocycles. The number of fused-ring (bicyclic) bond motifs is 1. The highest BCUT2D eigenvalue weighted by Gasteiger charge is 2.16. The summed E-state index contributed by atoms with van der Waals surface area (Å²) in [5.74, 6) is -0.422. The first kappa shape index (κ1) is 20.4. The van der Waals surface area contributed by atoms with Gasteiger partial charge in [-0.3, -0.25) is 14.8 Å². The molecule has 158 valence electrons. The lowest BCUT2D eigenvalue weighted by molar-refractivity contribution is 0.429. The number of para-hydroxylation sites is 2. The van der Waals surface area contributed by atoms with Crippen molar-refractivity contribution in [2.24, 2.45) is 4.99 Å². The first-order valence-corrected chi connectivity index (χ1v) is 10.2. The van der Waals surface area contributed by atoms with Crippen molar-refractivity contribution in [3.8, 4) is 11.6 Å². The second-order valence-corrected chi connectivity index (χ2v) is 7.52. The van der Waals surface area contributed by atoms with E-state index in [2.05, 4.69) is 21.0 Å². The van der Waals surface area contributed by atoms with Crippen molar-refractivity contribution in [1.29, 1.82) is 0 Å². The van der Waals surface area contributed by atoms with E-state index in [1.807, 2.05) is 50.4 Å². The van der Waals surface area contributed by atoms with Crippen LogP contribution in [0.4, 0.5) is 0 Å². The number of hydrogen-bond acceptors (Lipinski definition) is 4. The predicted octanol–water partition coefficient (Wildman–Crippen LogP) is 3.46. The molecule has 0 fully saturated rings. The first-order chi connectivity index (χ1) is 15.0. The van der Waals surface area contributed by atoms with E-state index in [9.17, 15) is 14.7 Å². The van der Waals surface area contributed by atoms with Gasteiger partial charge < -0.3 is 10.1 Å². The van der Waals surface area contributed by atoms with Gasteiger partial charge in [0.1, 0.15) is 5.56 Å². The highest BCUT2D eigenvalue weighted by Crippen LogP contribution is 2.21. The molecule has 7 heteroatoms. The summed E-state index contributed by atoms with van der Waals surface area (Å²) in [6.45, 7) is 3.85. The van der Waals surface area contributed by atoms with Crippen LogP contribution in [0, 0.1) is 6.92 Å². The topological polar surface area (TPSA) is 103 Å². The number of hydrogen-bond donors (Lipinski definition) is 3. The summed E-state index contributed by atoms with van der Waals surface area (Å²) in [6, 6.07) is 15.1. The molecular formula is C24H24N4O3. The van der Waals surface area contributed by atoms with Crippen LogP contribution in [-0.2, 0) is 6.42 Å². The van der Waals surface area contributed by atoms with Crippen molar-refractivity contribution in [2.75, 3.05) is 0 Å². The molecule has 2 heterocycles. The Labute approximate surface area is 178 Å². The number of nitrogens with one attached hydrogen (secondary N) is 2. The standard InChI is InChI=1S/C24H24N4O3/c1-3-17(12-16-13-26-20-10-6-5-9-18(16)20)25-14-19-22(29)27-24(31)28(23(19)30)21-11-7-4-8-15(21)2/h4-11,13-14,17,26,30H,3,12H2,1-2H3,(H,27,29,31). The van der Waals surface area contributed by atoms with E-state index in [0.717, 1.165) is 33.0 Å². The summed E-state index contributed by atoms with van der Waals surface area (Å²) in [6.07, 6.45) is 4.79. The van der Waals surface area contributed by atoms with Crippen molar-refractivity contribution >= 4 is 17.1 Å². The van der Waals surface area contributed by atoms with Crippen molar-refractivity contribution in [1.82, 2.24) is 14.5 Å². The summed E-state index contributed by atoms with van der Waals surface area (Å²) >= 11 is 0. The number of aliphatic imine (C=N–C) groups is 1. The average molecular weight is 416 g/mol. The van der Waals surface area contributed by atoms with Crippen molar-refractivity contribution in [3.63, 3.8) is 0 Å². The normalized spacial score (nSPS) is 12.6. The molecule has 0 spiro atoms. The maximum absolute atomic E-state index is 12.4. The van der Waals surface area contributed by atoms with Crippen molar-refractivity contribution in [2.45, 2.75) is 32.7 Å². The molecule has 0 radical (unpaired) electrons. The Hall–Kier alpha value is -3.87. The molecule has 0 saturated carbocycles. The molecule has 4 aromatic rings. The summed E-state index contributed by atoms with van der Waals surface area (Å²) < 4.78 is 1.10. The lowest BCUT2D eigenvalue weighted by Crippen LogP contribution is -2.31. The lowest BCUT2D eigenvalue weighted by Gasteiger charge is -2.13. The van der Waals surface area contributed by atoms with Gasteiger partial charge in [0, 0.05) is 23.3 Å². The molecule has 2 aromatic heterocycles. The maximum atomic E-state index is 12.4. The third-order valence-corrected chi connectivity index (χ3v) is 5.49. The second-order valence-electron chi connectivity index (χ2n) is 7.52. The number of aryl methyl sites for hydroxylation is 1. The fourth-order valence-corrected chi connectivity index (χ4v) is 3.73. The maximum Gasteiger partial charge on any atom is 0.335 e. The number of aromatic hydroxyl groups is 1. The molecule has 31 heavy (non-hydrogen) atoms. The zero-order chi connectivity index (χ0) is 22.0. The summed E-state index contributed by atoms with van der Waals surface area (Å²) in [5, 5.41) is 11.9. The van der Waals surface area contributed by atoms with Gasteiger partial charge in [-0.25, -0.2) is 9.36 Å². The highest BCUT2D eigenvalue weighted by atomic mass is 16.3. The minimum atomic E-state index is -0.695. The van der Waals surface area contributed by atoms with Crippen LogP contribution in [0.3, 0.4) is 0 Å². The quantitative estimate of drug-likeness (QED) is 0.419. The fraction of sp³-hybridized carbons (Fsp3) is 0.208. The SMILES string of the molecule is CCC(Cc1c[nH]c2ccccc12)N=Cc1c(O)n(-c2ccccc2C)c(=O)[nH]c1=O. The fourth-order valence-electron chi connectivity index (χ4n) is 3.73. The predicted molar refractivity (Wildman–Crippen MR) is 123 cm³/mol. The molecule has 4 rings (SSSR count). The van der Waals surface area contributed by atoms with Gasteiger partial charge in [0.05, 0.1) is 11.7 Å². The van der Waals surface area contributed by atoms with Gasteiger partial charge >= 0.3 is 5.69 Å². The van der Waals surface area contributed by atoms with Gasteiger partial charge in [0.2, 0.25) is 5.88 Å². The molecule has 0 bridgehead atoms. The average Bonchev–Trinajstić information content (AvgIpc) is 3.16. The van der Waals surface area contributed by atoms with E-state index in [0.29, 0.717) is 12.1 Å². The third kappa shape index (κ3) is 3.94. The molecule has 1 atom stereocenters. The van der Waals surface area contributed by atoms with Crippen LogP contribution in [0.5, 0.6) is 5.88 Å². The van der Waals surface area contributed by atoms with Crippen LogP contribution in [0.25, 0.3) is 16.6 Å². The second kappa shape index (κ2) is 8.47. The van der Waals surface area contributed by atoms with Crippen LogP contribution in [-0.4, -0.2) is 31.9 Å². The van der Waals surface area contributed by atoms with Gasteiger partial charge in [-0.1, -0.05) is 43.3 Å². The Bertz CT molecular complexity index is 1380. The highest BCUT2D eigenvalue weighted by molar-refractivity contribution is 5.84. The molecule has 0 aliphatic rings. The molecule has 1 unspecified atom stereocenters. The minimum absolute atomic E-state index is 0.0415. The molecule has 0 amide bonds. The van der Waals surface area contributed by atoms with Gasteiger partial charge in [-0.2, -0.15) is 0 Å². The monoisotopic (exact) mass is 416 g/mol. The Kier molecular flexibility index (Phi) is 5.58. The summed E-state index contributed by atoms with van der Waals surface area (Å²) in [4.78, 5) is 34.9. The van der Waals surface area contributed by atoms with Crippen LogP contribution in [0.15, 0.2) is 69.3 Å². The Morgan fingerprint density at radius 2 is 1.87 bits per heavy atom. The van der Waals surface area contributed by atoms with Crippen LogP contribution in [0.1, 0.15) is 30.0 Å². The molecule has 0 aliphatic carbocycles. The number of aromatic nitrogens is 3. The van der Waals surface area contributed by atoms with Gasteiger partial charge in [0.25, 0.3) is 5.56 Å². The van der Waals surface area contributed by atoms with E-state index in [1.165, 1.54) is 6.21 Å². The molecule has 0 aliphatic heterocycles. The van der Waals surface area contributed by atoms with Gasteiger partial charge in [-0.15, -0.1) is 0 Å². The Morgan fingerprint density at radius 1 is 1.13 bits per heavy atom. The Balaban J connectivity index is 1.69. The van der Waals surface area contributed by atoms with Crippen molar-refractivity contribution < 1.29 is 5.11 Å². The number of nitrogens with zero attached hydrogens (tertiary/aromatic N) is 2. The lowest BCUT2D eigenvalue weighted by atomic mass is 10.0. The summed E-state index contributed by atoms with van der Waals surface area (Å²) in [5.41, 5.74) is 2.10. The van der Waals surface area contributed by atoms with Crippen LogP contribution < -0.4 is 11.2 Å². The summed E-state index contributed by atoms with van der Waals surface area (Å²) in [7, 11) is 0. The first-order valence-electron chi connectivity index (χ1n) is 10.2. The third-order valence-electron chi connectivity index (χ3n) is 5.49. The van der Waals surface area contributed by atoms with E-state index in [-0.39, 0.29) is 11.6 Å². The van der Waals surface area contributed by atoms with E-state index in [4.69, 9.17) is 0 Å². The van der Waals surface area contributed by atoms with E-state index in [1.54, 1.807) is 12.1 Å².